The number of aromatic nitrogens is 2. The second-order valence-corrected chi connectivity index (χ2v) is 4.58. The van der Waals surface area contributed by atoms with Crippen molar-refractivity contribution in [3.05, 3.63) is 30.1 Å². The number of rotatable bonds is 5. The molecular formula is C14H17N3O3. The molecule has 106 valence electrons. The number of aliphatic carboxylic acids is 1. The third kappa shape index (κ3) is 2.79. The standard InChI is InChI=1S/C14H17N3O3/c1-3-12-16-10-6-4-5-7-11(10)17(12)8-13(18)15-9(2)14(19)20/h4-7,9H,3,8H2,1-2H3,(H,15,18)(H,19,20)/t9-/m0/s1. The number of imidazole rings is 1. The van der Waals surface area contributed by atoms with Gasteiger partial charge in [-0.1, -0.05) is 19.1 Å². The summed E-state index contributed by atoms with van der Waals surface area (Å²) in [5, 5.41) is 11.2. The zero-order chi connectivity index (χ0) is 14.7. The molecule has 2 rings (SSSR count). The van der Waals surface area contributed by atoms with Crippen LogP contribution in [0.15, 0.2) is 24.3 Å². The number of aryl methyl sites for hydroxylation is 1. The number of carboxylic acids is 1. The van der Waals surface area contributed by atoms with Gasteiger partial charge in [0.15, 0.2) is 0 Å². The number of benzene rings is 1. The van der Waals surface area contributed by atoms with Crippen LogP contribution in [0, 0.1) is 0 Å². The third-order valence-corrected chi connectivity index (χ3v) is 3.10. The highest BCUT2D eigenvalue weighted by molar-refractivity contribution is 5.85. The van der Waals surface area contributed by atoms with Gasteiger partial charge in [0.25, 0.3) is 0 Å². The predicted molar refractivity (Wildman–Crippen MR) is 74.4 cm³/mol. The molecule has 0 aliphatic rings. The van der Waals surface area contributed by atoms with E-state index in [2.05, 4.69) is 10.3 Å². The van der Waals surface area contributed by atoms with Gasteiger partial charge in [0, 0.05) is 6.42 Å². The van der Waals surface area contributed by atoms with Crippen LogP contribution in [0.3, 0.4) is 0 Å². The van der Waals surface area contributed by atoms with E-state index in [4.69, 9.17) is 5.11 Å². The number of amides is 1. The Morgan fingerprint density at radius 1 is 1.40 bits per heavy atom. The highest BCUT2D eigenvalue weighted by atomic mass is 16.4. The Bertz CT molecular complexity index is 648. The van der Waals surface area contributed by atoms with Crippen LogP contribution in [0.5, 0.6) is 0 Å². The number of carbonyl (C=O) groups is 2. The normalized spacial score (nSPS) is 12.3. The number of fused-ring (bicyclic) bond motifs is 1. The van der Waals surface area contributed by atoms with Crippen molar-refractivity contribution in [2.45, 2.75) is 32.9 Å². The maximum Gasteiger partial charge on any atom is 0.325 e. The third-order valence-electron chi connectivity index (χ3n) is 3.10. The Morgan fingerprint density at radius 2 is 2.10 bits per heavy atom. The van der Waals surface area contributed by atoms with Crippen molar-refractivity contribution in [2.24, 2.45) is 0 Å². The molecule has 0 spiro atoms. The molecule has 2 N–H and O–H groups in total. The van der Waals surface area contributed by atoms with Crippen LogP contribution >= 0.6 is 0 Å². The molecule has 2 aromatic rings. The molecule has 0 fully saturated rings. The number of carboxylic acid groups (broad SMARTS) is 1. The molecule has 1 atom stereocenters. The summed E-state index contributed by atoms with van der Waals surface area (Å²) in [6, 6.07) is 6.67. The summed E-state index contributed by atoms with van der Waals surface area (Å²) < 4.78 is 1.82. The number of para-hydroxylation sites is 2. The number of hydrogen-bond acceptors (Lipinski definition) is 3. The van der Waals surface area contributed by atoms with E-state index in [1.165, 1.54) is 6.92 Å². The van der Waals surface area contributed by atoms with Gasteiger partial charge in [-0.3, -0.25) is 9.59 Å². The SMILES string of the molecule is CCc1nc2ccccc2n1CC(=O)N[C@@H](C)C(=O)O. The molecule has 0 saturated heterocycles. The Kier molecular flexibility index (Phi) is 4.02. The van der Waals surface area contributed by atoms with Crippen molar-refractivity contribution in [2.75, 3.05) is 0 Å². The first-order chi connectivity index (χ1) is 9.52. The van der Waals surface area contributed by atoms with E-state index in [-0.39, 0.29) is 12.5 Å². The summed E-state index contributed by atoms with van der Waals surface area (Å²) in [6.07, 6.45) is 0.705. The lowest BCUT2D eigenvalue weighted by molar-refractivity contribution is -0.141. The van der Waals surface area contributed by atoms with Crippen molar-refractivity contribution in [3.8, 4) is 0 Å². The molecule has 1 aromatic heterocycles. The molecule has 0 saturated carbocycles. The van der Waals surface area contributed by atoms with E-state index in [1.54, 1.807) is 0 Å². The molecule has 6 nitrogen and oxygen atoms in total. The molecular weight excluding hydrogens is 258 g/mol. The zero-order valence-electron chi connectivity index (χ0n) is 11.5. The van der Waals surface area contributed by atoms with Crippen LogP contribution in [-0.2, 0) is 22.6 Å². The van der Waals surface area contributed by atoms with Gasteiger partial charge >= 0.3 is 5.97 Å². The minimum atomic E-state index is -1.05. The molecule has 1 amide bonds. The second-order valence-electron chi connectivity index (χ2n) is 4.58. The topological polar surface area (TPSA) is 84.2 Å². The van der Waals surface area contributed by atoms with E-state index in [0.717, 1.165) is 16.9 Å². The lowest BCUT2D eigenvalue weighted by Crippen LogP contribution is -2.40. The molecule has 1 aromatic carbocycles. The quantitative estimate of drug-likeness (QED) is 0.858. The van der Waals surface area contributed by atoms with E-state index >= 15 is 0 Å². The van der Waals surface area contributed by atoms with Gasteiger partial charge in [-0.25, -0.2) is 4.98 Å². The Balaban J connectivity index is 2.24. The maximum atomic E-state index is 11.9. The second kappa shape index (κ2) is 5.73. The average Bonchev–Trinajstić information content (AvgIpc) is 2.76. The fraction of sp³-hybridized carbons (Fsp3) is 0.357. The van der Waals surface area contributed by atoms with E-state index in [0.29, 0.717) is 6.42 Å². The van der Waals surface area contributed by atoms with E-state index in [9.17, 15) is 9.59 Å². The molecule has 0 aliphatic carbocycles. The highest BCUT2D eigenvalue weighted by Gasteiger charge is 2.16. The highest BCUT2D eigenvalue weighted by Crippen LogP contribution is 2.16. The van der Waals surface area contributed by atoms with E-state index in [1.807, 2.05) is 35.8 Å². The Morgan fingerprint density at radius 3 is 2.75 bits per heavy atom. The molecule has 0 bridgehead atoms. The van der Waals surface area contributed by atoms with Crippen molar-refractivity contribution in [3.63, 3.8) is 0 Å². The summed E-state index contributed by atoms with van der Waals surface area (Å²) in [7, 11) is 0. The fourth-order valence-electron chi connectivity index (χ4n) is 2.06. The summed E-state index contributed by atoms with van der Waals surface area (Å²) in [5.74, 6) is -0.577. The first-order valence-electron chi connectivity index (χ1n) is 6.49. The minimum Gasteiger partial charge on any atom is -0.480 e. The van der Waals surface area contributed by atoms with Gasteiger partial charge in [0.2, 0.25) is 5.91 Å². The summed E-state index contributed by atoms with van der Waals surface area (Å²) in [6.45, 7) is 3.48. The smallest absolute Gasteiger partial charge is 0.325 e. The monoisotopic (exact) mass is 275 g/mol. The number of carbonyl (C=O) groups excluding carboxylic acids is 1. The van der Waals surface area contributed by atoms with Crippen LogP contribution in [0.2, 0.25) is 0 Å². The predicted octanol–water partition coefficient (Wildman–Crippen LogP) is 1.19. The first kappa shape index (κ1) is 14.0. The zero-order valence-corrected chi connectivity index (χ0v) is 11.5. The number of nitrogens with one attached hydrogen (secondary N) is 1. The van der Waals surface area contributed by atoms with Crippen LogP contribution in [0.25, 0.3) is 11.0 Å². The lowest BCUT2D eigenvalue weighted by Gasteiger charge is -2.11. The summed E-state index contributed by atoms with van der Waals surface area (Å²) in [4.78, 5) is 27.1. The number of nitrogens with zero attached hydrogens (tertiary/aromatic N) is 2. The van der Waals surface area contributed by atoms with Gasteiger partial charge in [-0.05, 0) is 19.1 Å². The van der Waals surface area contributed by atoms with Crippen molar-refractivity contribution < 1.29 is 14.7 Å². The van der Waals surface area contributed by atoms with Crippen molar-refractivity contribution in [1.29, 1.82) is 0 Å². The molecule has 0 unspecified atom stereocenters. The molecule has 0 aliphatic heterocycles. The van der Waals surface area contributed by atoms with Gasteiger partial charge < -0.3 is 15.0 Å². The van der Waals surface area contributed by atoms with Gasteiger partial charge in [0.1, 0.15) is 18.4 Å². The van der Waals surface area contributed by atoms with Crippen molar-refractivity contribution in [1.82, 2.24) is 14.9 Å². The Hall–Kier alpha value is -2.37. The van der Waals surface area contributed by atoms with Crippen LogP contribution < -0.4 is 5.32 Å². The number of hydrogen-bond donors (Lipinski definition) is 2. The summed E-state index contributed by atoms with van der Waals surface area (Å²) in [5.41, 5.74) is 1.71. The van der Waals surface area contributed by atoms with Gasteiger partial charge in [-0.2, -0.15) is 0 Å². The minimum absolute atomic E-state index is 0.0707. The molecule has 0 radical (unpaired) electrons. The van der Waals surface area contributed by atoms with E-state index < -0.39 is 12.0 Å². The van der Waals surface area contributed by atoms with Crippen LogP contribution in [0.1, 0.15) is 19.7 Å². The van der Waals surface area contributed by atoms with Gasteiger partial charge in [-0.15, -0.1) is 0 Å². The first-order valence-corrected chi connectivity index (χ1v) is 6.49. The van der Waals surface area contributed by atoms with Crippen LogP contribution in [0.4, 0.5) is 0 Å². The fourth-order valence-corrected chi connectivity index (χ4v) is 2.06. The van der Waals surface area contributed by atoms with Crippen LogP contribution in [-0.4, -0.2) is 32.6 Å². The largest absolute Gasteiger partial charge is 0.480 e. The van der Waals surface area contributed by atoms with Gasteiger partial charge in [0.05, 0.1) is 11.0 Å². The molecule has 20 heavy (non-hydrogen) atoms. The maximum absolute atomic E-state index is 11.9. The van der Waals surface area contributed by atoms with Crippen molar-refractivity contribution >= 4 is 22.9 Å². The average molecular weight is 275 g/mol. The molecule has 6 heteroatoms. The summed E-state index contributed by atoms with van der Waals surface area (Å²) >= 11 is 0. The molecule has 1 heterocycles. The lowest BCUT2D eigenvalue weighted by atomic mass is 10.3. The Labute approximate surface area is 116 Å².